The van der Waals surface area contributed by atoms with Crippen molar-refractivity contribution in [2.45, 2.75) is 19.1 Å². The minimum atomic E-state index is -1.16. The second-order valence-corrected chi connectivity index (χ2v) is 8.23. The zero-order valence-electron chi connectivity index (χ0n) is 16.6. The van der Waals surface area contributed by atoms with E-state index in [1.807, 2.05) is 29.6 Å². The summed E-state index contributed by atoms with van der Waals surface area (Å²) in [5.41, 5.74) is 1.79. The average molecular weight is 467 g/mol. The fourth-order valence-corrected chi connectivity index (χ4v) is 3.83. The number of ether oxygens (including phenoxy) is 1. The molecule has 0 saturated heterocycles. The van der Waals surface area contributed by atoms with Gasteiger partial charge in [-0.3, -0.25) is 0 Å². The first-order valence-corrected chi connectivity index (χ1v) is 10.2. The average Bonchev–Trinajstić information content (AvgIpc) is 3.33. The summed E-state index contributed by atoms with van der Waals surface area (Å²) < 4.78 is 38.3. The second kappa shape index (κ2) is 9.74. The summed E-state index contributed by atoms with van der Waals surface area (Å²) in [7, 11) is 0. The van der Waals surface area contributed by atoms with Crippen molar-refractivity contribution in [3.63, 3.8) is 0 Å². The van der Waals surface area contributed by atoms with Gasteiger partial charge >= 0.3 is 0 Å². The first-order valence-electron chi connectivity index (χ1n) is 9.34. The lowest BCUT2D eigenvalue weighted by Crippen LogP contribution is -2.42. The number of hydrogen-bond donors (Lipinski definition) is 2. The molecule has 2 aromatic heterocycles. The number of aliphatic hydroxyl groups is 1. The fraction of sp³-hybridized carbons (Fsp3) is 0.227. The van der Waals surface area contributed by atoms with Crippen molar-refractivity contribution in [3.8, 4) is 17.0 Å². The Labute approximate surface area is 188 Å². The quantitative estimate of drug-likeness (QED) is 0.374. The van der Waals surface area contributed by atoms with E-state index in [0.29, 0.717) is 17.9 Å². The summed E-state index contributed by atoms with van der Waals surface area (Å²) in [6.07, 6.45) is 0. The lowest BCUT2D eigenvalue weighted by Gasteiger charge is -2.24. The van der Waals surface area contributed by atoms with Crippen molar-refractivity contribution >= 4 is 34.0 Å². The lowest BCUT2D eigenvalue weighted by atomic mass is 10.1. The molecular formula is C22H21ClF2N2O3S. The van der Waals surface area contributed by atoms with Gasteiger partial charge in [0, 0.05) is 18.7 Å². The smallest absolute Gasteiger partial charge is 0.178 e. The van der Waals surface area contributed by atoms with Crippen LogP contribution in [0.4, 0.5) is 8.78 Å². The van der Waals surface area contributed by atoms with Gasteiger partial charge in [0.2, 0.25) is 0 Å². The van der Waals surface area contributed by atoms with Crippen LogP contribution in [0.3, 0.4) is 0 Å². The van der Waals surface area contributed by atoms with Gasteiger partial charge in [-0.15, -0.1) is 23.7 Å². The molecule has 31 heavy (non-hydrogen) atoms. The second-order valence-electron chi connectivity index (χ2n) is 7.31. The first kappa shape index (κ1) is 23.1. The first-order chi connectivity index (χ1) is 14.4. The number of hydrogen-bond acceptors (Lipinski definition) is 6. The predicted molar refractivity (Wildman–Crippen MR) is 119 cm³/mol. The SMILES string of the molecule is C[C@@](O)(CNCc1ccc(F)c(F)c1)COc1cccc(-c2noc3ccsc23)c1.Cl. The molecule has 0 aliphatic heterocycles. The summed E-state index contributed by atoms with van der Waals surface area (Å²) >= 11 is 1.56. The van der Waals surface area contributed by atoms with Gasteiger partial charge in [-0.2, -0.15) is 0 Å². The van der Waals surface area contributed by atoms with Crippen molar-refractivity contribution in [2.24, 2.45) is 0 Å². The van der Waals surface area contributed by atoms with Crippen LogP contribution in [-0.4, -0.2) is 29.0 Å². The van der Waals surface area contributed by atoms with E-state index in [1.54, 1.807) is 24.3 Å². The highest BCUT2D eigenvalue weighted by Crippen LogP contribution is 2.33. The van der Waals surface area contributed by atoms with Gasteiger partial charge in [0.25, 0.3) is 0 Å². The minimum Gasteiger partial charge on any atom is -0.491 e. The van der Waals surface area contributed by atoms with E-state index in [-0.39, 0.29) is 25.6 Å². The van der Waals surface area contributed by atoms with Crippen LogP contribution in [0.15, 0.2) is 58.4 Å². The largest absolute Gasteiger partial charge is 0.491 e. The van der Waals surface area contributed by atoms with E-state index in [4.69, 9.17) is 9.26 Å². The van der Waals surface area contributed by atoms with E-state index >= 15 is 0 Å². The molecule has 4 rings (SSSR count). The van der Waals surface area contributed by atoms with Gasteiger partial charge < -0.3 is 19.7 Å². The van der Waals surface area contributed by atoms with Crippen molar-refractivity contribution in [1.82, 2.24) is 10.5 Å². The molecule has 164 valence electrons. The summed E-state index contributed by atoms with van der Waals surface area (Å²) in [5.74, 6) is -1.18. The normalized spacial score (nSPS) is 13.0. The molecule has 5 nitrogen and oxygen atoms in total. The molecule has 0 radical (unpaired) electrons. The van der Waals surface area contributed by atoms with Gasteiger partial charge in [0.05, 0.1) is 0 Å². The molecule has 0 unspecified atom stereocenters. The lowest BCUT2D eigenvalue weighted by molar-refractivity contribution is 0.0120. The third kappa shape index (κ3) is 5.59. The number of thiophene rings is 1. The van der Waals surface area contributed by atoms with Crippen LogP contribution in [0.25, 0.3) is 21.5 Å². The molecule has 2 aromatic carbocycles. The van der Waals surface area contributed by atoms with E-state index in [1.165, 1.54) is 6.07 Å². The van der Waals surface area contributed by atoms with Gasteiger partial charge in [-0.1, -0.05) is 23.4 Å². The Bertz CT molecular complexity index is 1160. The van der Waals surface area contributed by atoms with Gasteiger partial charge in [0.15, 0.2) is 17.2 Å². The van der Waals surface area contributed by atoms with Crippen LogP contribution in [0.1, 0.15) is 12.5 Å². The number of fused-ring (bicyclic) bond motifs is 1. The van der Waals surface area contributed by atoms with Crippen LogP contribution in [0, 0.1) is 11.6 Å². The monoisotopic (exact) mass is 466 g/mol. The molecule has 0 spiro atoms. The van der Waals surface area contributed by atoms with E-state index < -0.39 is 17.2 Å². The van der Waals surface area contributed by atoms with Gasteiger partial charge in [0.1, 0.15) is 28.4 Å². The maximum absolute atomic E-state index is 13.3. The Balaban J connectivity index is 0.00000272. The summed E-state index contributed by atoms with van der Waals surface area (Å²) in [4.78, 5) is 0. The molecule has 4 aromatic rings. The van der Waals surface area contributed by atoms with Crippen LogP contribution < -0.4 is 10.1 Å². The number of aromatic nitrogens is 1. The van der Waals surface area contributed by atoms with E-state index in [2.05, 4.69) is 10.5 Å². The fourth-order valence-electron chi connectivity index (χ4n) is 3.01. The van der Waals surface area contributed by atoms with Crippen molar-refractivity contribution in [1.29, 1.82) is 0 Å². The van der Waals surface area contributed by atoms with Crippen LogP contribution >= 0.6 is 23.7 Å². The molecule has 2 heterocycles. The molecule has 2 N–H and O–H groups in total. The number of nitrogens with zero attached hydrogens (tertiary/aromatic N) is 1. The minimum absolute atomic E-state index is 0. The number of halogens is 3. The van der Waals surface area contributed by atoms with Gasteiger partial charge in [-0.05, 0) is 48.2 Å². The number of rotatable bonds is 8. The van der Waals surface area contributed by atoms with Crippen molar-refractivity contribution < 1.29 is 23.1 Å². The highest BCUT2D eigenvalue weighted by molar-refractivity contribution is 7.17. The molecule has 9 heteroatoms. The highest BCUT2D eigenvalue weighted by Gasteiger charge is 2.21. The van der Waals surface area contributed by atoms with Crippen LogP contribution in [0.2, 0.25) is 0 Å². The Morgan fingerprint density at radius 1 is 1.16 bits per heavy atom. The Kier molecular flexibility index (Phi) is 7.27. The maximum Gasteiger partial charge on any atom is 0.178 e. The predicted octanol–water partition coefficient (Wildman–Crippen LogP) is 5.18. The summed E-state index contributed by atoms with van der Waals surface area (Å²) in [6.45, 7) is 2.20. The molecule has 0 fully saturated rings. The summed E-state index contributed by atoms with van der Waals surface area (Å²) in [5, 5.41) is 19.7. The maximum atomic E-state index is 13.3. The standard InChI is InChI=1S/C22H20F2N2O3S.ClH/c1-22(27,12-25-11-14-5-6-17(23)18(24)9-14)13-28-16-4-2-3-15(10-16)20-21-19(29-26-20)7-8-30-21;/h2-10,25,27H,11-13H2,1H3;1H/t22-;/m1./s1. The number of benzene rings is 2. The molecule has 0 bridgehead atoms. The van der Waals surface area contributed by atoms with E-state index in [9.17, 15) is 13.9 Å². The van der Waals surface area contributed by atoms with Crippen molar-refractivity contribution in [2.75, 3.05) is 13.2 Å². The Morgan fingerprint density at radius 2 is 2.00 bits per heavy atom. The highest BCUT2D eigenvalue weighted by atomic mass is 35.5. The van der Waals surface area contributed by atoms with E-state index in [0.717, 1.165) is 33.7 Å². The molecule has 1 atom stereocenters. The van der Waals surface area contributed by atoms with Crippen LogP contribution in [-0.2, 0) is 6.54 Å². The Morgan fingerprint density at radius 3 is 2.81 bits per heavy atom. The topological polar surface area (TPSA) is 67.5 Å². The third-order valence-corrected chi connectivity index (χ3v) is 5.46. The van der Waals surface area contributed by atoms with Gasteiger partial charge in [-0.25, -0.2) is 8.78 Å². The molecule has 0 aliphatic carbocycles. The molecule has 0 saturated carbocycles. The summed E-state index contributed by atoms with van der Waals surface area (Å²) in [6, 6.07) is 13.0. The molecule has 0 amide bonds. The molecular weight excluding hydrogens is 446 g/mol. The molecule has 0 aliphatic rings. The zero-order chi connectivity index (χ0) is 21.1. The number of nitrogens with one attached hydrogen (secondary N) is 1. The Hall–Kier alpha value is -2.52. The van der Waals surface area contributed by atoms with Crippen LogP contribution in [0.5, 0.6) is 5.75 Å². The zero-order valence-corrected chi connectivity index (χ0v) is 18.2. The third-order valence-electron chi connectivity index (χ3n) is 4.56. The van der Waals surface area contributed by atoms with Crippen molar-refractivity contribution in [3.05, 3.63) is 71.1 Å².